The van der Waals surface area contributed by atoms with Gasteiger partial charge in [0.15, 0.2) is 11.5 Å². The third kappa shape index (κ3) is 10.3. The topological polar surface area (TPSA) is 167 Å². The Bertz CT molecular complexity index is 3520. The van der Waals surface area contributed by atoms with Gasteiger partial charge in [-0.15, -0.1) is 0 Å². The maximum Gasteiger partial charge on any atom is 0.168 e. The zero-order valence-corrected chi connectivity index (χ0v) is 46.4. The fourth-order valence-corrected chi connectivity index (χ4v) is 15.2. The van der Waals surface area contributed by atoms with Crippen molar-refractivity contribution in [2.45, 2.75) is 132 Å². The van der Waals surface area contributed by atoms with E-state index in [2.05, 4.69) is 88.0 Å². The molecule has 420 valence electrons. The van der Waals surface area contributed by atoms with E-state index < -0.39 is 6.10 Å². The van der Waals surface area contributed by atoms with Gasteiger partial charge in [0.25, 0.3) is 0 Å². The number of phenolic OH excluding ortho intramolecular Hbond substituents is 3. The van der Waals surface area contributed by atoms with E-state index in [0.717, 1.165) is 99.6 Å². The smallest absolute Gasteiger partial charge is 0.168 e. The first-order chi connectivity index (χ1) is 39.6. The SMILES string of the molecule is COCNC1C=C2C#CC(CCc3ccc(O)c(Cc4cccc(O)c4)c3)CCCC3CC(O)C4C=Cc5c(c(CO)cc(O)c5OCc5cc(C67CCOCC6CC6(CCCC6)c6ccccc67)cc6cn(cc56)C(=C2CO3)N1)C4. The molecule has 14 rings (SSSR count). The number of phenols is 3. The van der Waals surface area contributed by atoms with Crippen LogP contribution in [0.3, 0.4) is 0 Å². The maximum atomic E-state index is 12.3. The highest BCUT2D eigenvalue weighted by molar-refractivity contribution is 5.89. The predicted molar refractivity (Wildman–Crippen MR) is 313 cm³/mol. The van der Waals surface area contributed by atoms with Gasteiger partial charge < -0.3 is 54.4 Å². The van der Waals surface area contributed by atoms with Crippen LogP contribution in [-0.4, -0.2) is 82.1 Å². The number of aromatic hydroxyl groups is 3. The predicted octanol–water partition coefficient (Wildman–Crippen LogP) is 10.9. The molecule has 1 aromatic heterocycles. The number of aliphatic hydroxyl groups is 2. The summed E-state index contributed by atoms with van der Waals surface area (Å²) < 4.78 is 28.3. The van der Waals surface area contributed by atoms with Crippen molar-refractivity contribution in [1.82, 2.24) is 15.2 Å². The van der Waals surface area contributed by atoms with Crippen molar-refractivity contribution in [3.63, 3.8) is 0 Å². The number of rotatable bonds is 10. The van der Waals surface area contributed by atoms with Crippen molar-refractivity contribution in [3.05, 3.63) is 176 Å². The van der Waals surface area contributed by atoms with Gasteiger partial charge in [-0.25, -0.2) is 0 Å². The van der Waals surface area contributed by atoms with E-state index in [1.54, 1.807) is 31.4 Å². The zero-order chi connectivity index (χ0) is 55.2. The molecule has 3 aliphatic carbocycles. The van der Waals surface area contributed by atoms with Gasteiger partial charge in [0.2, 0.25) is 0 Å². The van der Waals surface area contributed by atoms with Crippen molar-refractivity contribution in [2.75, 3.05) is 33.7 Å². The third-order valence-corrected chi connectivity index (χ3v) is 19.3. The molecule has 6 aromatic rings. The molecule has 6 heterocycles. The summed E-state index contributed by atoms with van der Waals surface area (Å²) in [5.74, 6) is 9.14. The second kappa shape index (κ2) is 22.5. The van der Waals surface area contributed by atoms with E-state index in [1.807, 2.05) is 30.4 Å². The van der Waals surface area contributed by atoms with Crippen LogP contribution in [0.5, 0.6) is 23.0 Å². The van der Waals surface area contributed by atoms with Crippen molar-refractivity contribution in [1.29, 1.82) is 0 Å². The summed E-state index contributed by atoms with van der Waals surface area (Å²) in [6.07, 6.45) is 21.3. The van der Waals surface area contributed by atoms with Crippen LogP contribution >= 0.6 is 0 Å². The fraction of sp³-hybridized carbons (Fsp3) is 0.420. The van der Waals surface area contributed by atoms with Gasteiger partial charge in [0.05, 0.1) is 38.8 Å². The average molecular weight is 1090 g/mol. The Balaban J connectivity index is 0.946. The Morgan fingerprint density at radius 2 is 1.75 bits per heavy atom. The number of hydrogen-bond acceptors (Lipinski definition) is 11. The molecule has 7 unspecified atom stereocenters. The first kappa shape index (κ1) is 53.5. The second-order valence-corrected chi connectivity index (χ2v) is 24.1. The monoisotopic (exact) mass is 1090 g/mol. The lowest BCUT2D eigenvalue weighted by molar-refractivity contribution is -0.00873. The molecule has 1 saturated heterocycles. The summed E-state index contributed by atoms with van der Waals surface area (Å²) in [5.41, 5.74) is 11.8. The molecular weight excluding hydrogens is 1010 g/mol. The summed E-state index contributed by atoms with van der Waals surface area (Å²) in [7, 11) is 1.68. The van der Waals surface area contributed by atoms with Crippen LogP contribution in [0, 0.1) is 29.6 Å². The van der Waals surface area contributed by atoms with Crippen molar-refractivity contribution < 1.29 is 44.5 Å². The number of aliphatic hydroxyl groups excluding tert-OH is 2. The largest absolute Gasteiger partial charge is 0.508 e. The molecule has 7 N–H and O–H groups in total. The number of methoxy groups -OCH3 is 1. The molecule has 7 atom stereocenters. The average Bonchev–Trinajstić information content (AvgIpc) is 4.26. The number of aromatic nitrogens is 1. The first-order valence-corrected chi connectivity index (χ1v) is 29.5. The quantitative estimate of drug-likeness (QED) is 0.0515. The molecule has 1 saturated carbocycles. The van der Waals surface area contributed by atoms with E-state index in [1.165, 1.54) is 42.4 Å². The Morgan fingerprint density at radius 1 is 0.877 bits per heavy atom. The van der Waals surface area contributed by atoms with Crippen molar-refractivity contribution >= 4 is 22.7 Å². The van der Waals surface area contributed by atoms with Crippen LogP contribution in [0.1, 0.15) is 126 Å². The van der Waals surface area contributed by atoms with Crippen LogP contribution < -0.4 is 15.4 Å². The Kier molecular flexibility index (Phi) is 14.9. The number of fused-ring (bicyclic) bond motifs is 6. The lowest BCUT2D eigenvalue weighted by Crippen LogP contribution is -2.51. The lowest BCUT2D eigenvalue weighted by atomic mass is 9.51. The molecule has 5 aliphatic heterocycles. The summed E-state index contributed by atoms with van der Waals surface area (Å²) in [5, 5.41) is 65.4. The molecule has 2 fully saturated rings. The minimum Gasteiger partial charge on any atom is -0.508 e. The summed E-state index contributed by atoms with van der Waals surface area (Å²) in [4.78, 5) is 0. The summed E-state index contributed by atoms with van der Waals surface area (Å²) in [6.45, 7) is 1.82. The van der Waals surface area contributed by atoms with E-state index >= 15 is 0 Å². The minimum absolute atomic E-state index is 0.0294. The van der Waals surface area contributed by atoms with Gasteiger partial charge >= 0.3 is 0 Å². The van der Waals surface area contributed by atoms with E-state index in [0.29, 0.717) is 56.9 Å². The summed E-state index contributed by atoms with van der Waals surface area (Å²) >= 11 is 0. The second-order valence-electron chi connectivity index (χ2n) is 24.1. The number of aryl methyl sites for hydroxylation is 1. The number of benzene rings is 5. The van der Waals surface area contributed by atoms with Gasteiger partial charge in [-0.1, -0.05) is 91.4 Å². The molecule has 5 aromatic carbocycles. The highest BCUT2D eigenvalue weighted by atomic mass is 16.5. The first-order valence-electron chi connectivity index (χ1n) is 29.5. The normalized spacial score (nSPS) is 25.7. The van der Waals surface area contributed by atoms with Crippen LogP contribution in [0.2, 0.25) is 0 Å². The Labute approximate surface area is 475 Å². The van der Waals surface area contributed by atoms with Crippen LogP contribution in [-0.2, 0) is 57.5 Å². The number of hydrogen-bond donors (Lipinski definition) is 7. The van der Waals surface area contributed by atoms with E-state index in [4.69, 9.17) is 18.9 Å². The standard InChI is InChI=1S/C69H75N3O9/c1-78-42-70-65-33-46-18-16-43(14-15-44-17-21-62(75)48(26-44)27-45-9-6-10-54(74)28-45)8-7-11-55-34-63(76)47-19-20-56-57(31-47)50(38-73)32-64(77)66(56)81-39-51-30-52(29-49-36-72(37-58(49)51)67(71-65)59(46)41-80-55)69-24-25-79-40-53(69)35-68(22-4-5-23-68)60-12-2-3-13-61(60)69/h2-3,6,9-10,12-13,17,19-21,26,28-30,32-33,36-37,43,47,53,55,63,65,70-71,73-77H,4-5,7-8,11,14-15,22-25,27,31,34-35,38-42H2,1H3. The molecule has 0 radical (unpaired) electrons. The van der Waals surface area contributed by atoms with Gasteiger partial charge in [0, 0.05) is 83.7 Å². The molecule has 12 nitrogen and oxygen atoms in total. The minimum atomic E-state index is -0.760. The molecule has 8 aliphatic rings. The van der Waals surface area contributed by atoms with E-state index in [-0.39, 0.29) is 77.9 Å². The third-order valence-electron chi connectivity index (χ3n) is 19.3. The number of nitrogens with one attached hydrogen (secondary N) is 2. The highest BCUT2D eigenvalue weighted by Gasteiger charge is 2.55. The summed E-state index contributed by atoms with van der Waals surface area (Å²) in [6, 6.07) is 28.7. The number of ether oxygens (including phenoxy) is 4. The number of nitrogens with zero attached hydrogens (tertiary/aromatic N) is 1. The van der Waals surface area contributed by atoms with Crippen LogP contribution in [0.4, 0.5) is 0 Å². The lowest BCUT2D eigenvalue weighted by Gasteiger charge is -2.54. The zero-order valence-electron chi connectivity index (χ0n) is 46.4. The maximum absolute atomic E-state index is 12.3. The van der Waals surface area contributed by atoms with Gasteiger partial charge in [-0.2, -0.15) is 0 Å². The highest BCUT2D eigenvalue weighted by Crippen LogP contribution is 2.60. The van der Waals surface area contributed by atoms with Gasteiger partial charge in [-0.3, -0.25) is 5.32 Å². The number of dihydropyridines is 1. The Morgan fingerprint density at radius 3 is 2.60 bits per heavy atom. The molecule has 1 spiro atoms. The van der Waals surface area contributed by atoms with E-state index in [9.17, 15) is 25.5 Å². The van der Waals surface area contributed by atoms with Crippen LogP contribution in [0.25, 0.3) is 22.7 Å². The molecule has 81 heavy (non-hydrogen) atoms. The Hall–Kier alpha value is -6.82. The fourth-order valence-electron chi connectivity index (χ4n) is 15.2. The van der Waals surface area contributed by atoms with Crippen LogP contribution in [0.15, 0.2) is 121 Å². The van der Waals surface area contributed by atoms with Gasteiger partial charge in [-0.05, 0) is 162 Å². The molecule has 0 amide bonds. The van der Waals surface area contributed by atoms with Crippen molar-refractivity contribution in [2.24, 2.45) is 17.8 Å². The molecular formula is C69H75N3O9. The van der Waals surface area contributed by atoms with Crippen molar-refractivity contribution in [3.8, 4) is 34.8 Å². The molecule has 8 bridgehead atoms. The van der Waals surface area contributed by atoms with Gasteiger partial charge in [0.1, 0.15) is 30.1 Å². The molecule has 12 heteroatoms.